The van der Waals surface area contributed by atoms with Crippen molar-refractivity contribution in [3.63, 3.8) is 0 Å². The number of rotatable bonds is 2. The average Bonchev–Trinajstić information content (AvgIpc) is 3.19. The van der Waals surface area contributed by atoms with Crippen molar-refractivity contribution in [3.8, 4) is 5.75 Å². The van der Waals surface area contributed by atoms with Crippen molar-refractivity contribution in [1.82, 2.24) is 0 Å². The maximum absolute atomic E-state index is 13.2. The topological polar surface area (TPSA) is 123 Å². The summed E-state index contributed by atoms with van der Waals surface area (Å²) >= 11 is 0. The van der Waals surface area contributed by atoms with Gasteiger partial charge in [0.05, 0.1) is 30.5 Å². The van der Waals surface area contributed by atoms with Gasteiger partial charge in [-0.2, -0.15) is 21.6 Å². The van der Waals surface area contributed by atoms with E-state index >= 15 is 0 Å². The first-order chi connectivity index (χ1) is 19.8. The van der Waals surface area contributed by atoms with Crippen LogP contribution in [0.2, 0.25) is 0 Å². The van der Waals surface area contributed by atoms with E-state index in [0.717, 1.165) is 6.42 Å². The van der Waals surface area contributed by atoms with Gasteiger partial charge >= 0.3 is 15.6 Å². The Bertz CT molecular complexity index is 1440. The number of aliphatic hydroxyl groups excluding tert-OH is 1. The standard InChI is InChI=1S/C31H41F3O8S/c1-25(2)16-40-29(41-17-25)11-10-27-13-18-12-19(42-43(38,39)31(32,33)34)4-5-20(18)23-14-26(3)21(6-7-24(26)35)22(30(23,27)37)8-9-28(27,36)15-29/h4-5,12,21-24,35-37H,6-11,13-17H2,1-3H3/t21-,22-,23?,24-,26-,27+,28+,30-/m0/s1. The summed E-state index contributed by atoms with van der Waals surface area (Å²) in [6, 6.07) is 4.08. The van der Waals surface area contributed by atoms with Gasteiger partial charge < -0.3 is 29.0 Å². The molecule has 8 nitrogen and oxygen atoms in total. The molecule has 0 aromatic heterocycles. The van der Waals surface area contributed by atoms with Gasteiger partial charge in [-0.3, -0.25) is 0 Å². The average molecular weight is 631 g/mol. The molecule has 1 aliphatic heterocycles. The highest BCUT2D eigenvalue weighted by Crippen LogP contribution is 2.75. The molecular weight excluding hydrogens is 589 g/mol. The minimum atomic E-state index is -5.89. The van der Waals surface area contributed by atoms with Crippen molar-refractivity contribution in [1.29, 1.82) is 0 Å². The second kappa shape index (κ2) is 8.88. The number of alkyl halides is 3. The van der Waals surface area contributed by atoms with Crippen LogP contribution >= 0.6 is 0 Å². The van der Waals surface area contributed by atoms with Crippen LogP contribution in [0.15, 0.2) is 18.2 Å². The zero-order chi connectivity index (χ0) is 31.1. The van der Waals surface area contributed by atoms with Gasteiger partial charge in [0.2, 0.25) is 0 Å². The summed E-state index contributed by atoms with van der Waals surface area (Å²) in [5.41, 5.74) is -8.90. The molecule has 1 aromatic rings. The highest BCUT2D eigenvalue weighted by molar-refractivity contribution is 7.88. The molecule has 0 radical (unpaired) electrons. The molecule has 1 unspecified atom stereocenters. The van der Waals surface area contributed by atoms with Crippen LogP contribution in [-0.4, -0.2) is 65.6 Å². The van der Waals surface area contributed by atoms with Crippen molar-refractivity contribution in [3.05, 3.63) is 29.3 Å². The number of benzene rings is 1. The van der Waals surface area contributed by atoms with Crippen molar-refractivity contribution in [2.45, 2.75) is 113 Å². The van der Waals surface area contributed by atoms with E-state index in [1.54, 1.807) is 6.07 Å². The lowest BCUT2D eigenvalue weighted by Crippen LogP contribution is -2.78. The summed E-state index contributed by atoms with van der Waals surface area (Å²) in [5.74, 6) is -2.17. The van der Waals surface area contributed by atoms with Gasteiger partial charge in [0.25, 0.3) is 0 Å². The quantitative estimate of drug-likeness (QED) is 0.322. The van der Waals surface area contributed by atoms with Gasteiger partial charge in [-0.25, -0.2) is 0 Å². The van der Waals surface area contributed by atoms with E-state index in [1.807, 2.05) is 13.8 Å². The molecule has 5 aliphatic carbocycles. The van der Waals surface area contributed by atoms with Gasteiger partial charge in [0, 0.05) is 29.6 Å². The summed E-state index contributed by atoms with van der Waals surface area (Å²) in [6.07, 6.45) is 3.25. The van der Waals surface area contributed by atoms with E-state index < -0.39 is 61.2 Å². The Kier molecular flexibility index (Phi) is 6.24. The van der Waals surface area contributed by atoms with Gasteiger partial charge in [-0.05, 0) is 85.5 Å². The van der Waals surface area contributed by atoms with Crippen LogP contribution < -0.4 is 4.18 Å². The van der Waals surface area contributed by atoms with Crippen LogP contribution in [0.4, 0.5) is 13.2 Å². The molecule has 1 aromatic carbocycles. The molecule has 6 aliphatic rings. The minimum Gasteiger partial charge on any atom is -0.393 e. The lowest BCUT2D eigenvalue weighted by molar-refractivity contribution is -0.378. The third-order valence-corrected chi connectivity index (χ3v) is 13.5. The van der Waals surface area contributed by atoms with Crippen molar-refractivity contribution >= 4 is 10.1 Å². The van der Waals surface area contributed by atoms with E-state index in [0.29, 0.717) is 62.9 Å². The minimum absolute atomic E-state index is 0.0464. The van der Waals surface area contributed by atoms with Crippen molar-refractivity contribution < 1.29 is 50.6 Å². The molecule has 240 valence electrons. The molecule has 1 heterocycles. The highest BCUT2D eigenvalue weighted by Gasteiger charge is 2.78. The van der Waals surface area contributed by atoms with Crippen molar-refractivity contribution in [2.75, 3.05) is 13.2 Å². The predicted octanol–water partition coefficient (Wildman–Crippen LogP) is 4.55. The lowest BCUT2D eigenvalue weighted by atomic mass is 9.35. The molecule has 7 rings (SSSR count). The van der Waals surface area contributed by atoms with Crippen LogP contribution in [0, 0.1) is 28.1 Å². The molecule has 3 N–H and O–H groups in total. The molecule has 12 heteroatoms. The first-order valence-electron chi connectivity index (χ1n) is 15.3. The van der Waals surface area contributed by atoms with Crippen LogP contribution in [-0.2, 0) is 26.0 Å². The number of halogens is 3. The maximum Gasteiger partial charge on any atom is 0.534 e. The molecule has 4 saturated carbocycles. The Morgan fingerprint density at radius 1 is 0.977 bits per heavy atom. The Morgan fingerprint density at radius 2 is 1.67 bits per heavy atom. The zero-order valence-corrected chi connectivity index (χ0v) is 25.6. The van der Waals surface area contributed by atoms with Crippen LogP contribution in [0.1, 0.15) is 89.2 Å². The lowest BCUT2D eigenvalue weighted by Gasteiger charge is -2.73. The summed E-state index contributed by atoms with van der Waals surface area (Å²) < 4.78 is 80.4. The highest BCUT2D eigenvalue weighted by atomic mass is 32.2. The number of hydrogen-bond acceptors (Lipinski definition) is 8. The van der Waals surface area contributed by atoms with Crippen molar-refractivity contribution in [2.24, 2.45) is 28.1 Å². The first kappa shape index (κ1) is 30.2. The second-order valence-electron chi connectivity index (χ2n) is 15.4. The fourth-order valence-electron chi connectivity index (χ4n) is 10.4. The van der Waals surface area contributed by atoms with Gasteiger partial charge in [0.15, 0.2) is 5.79 Å². The largest absolute Gasteiger partial charge is 0.534 e. The summed E-state index contributed by atoms with van der Waals surface area (Å²) in [7, 11) is -5.89. The Morgan fingerprint density at radius 3 is 2.35 bits per heavy atom. The Balaban J connectivity index is 1.35. The smallest absolute Gasteiger partial charge is 0.393 e. The fourth-order valence-corrected chi connectivity index (χ4v) is 10.9. The molecule has 0 amide bonds. The van der Waals surface area contributed by atoms with Gasteiger partial charge in [-0.15, -0.1) is 0 Å². The second-order valence-corrected chi connectivity index (χ2v) is 16.9. The fraction of sp³-hybridized carbons (Fsp3) is 0.806. The third-order valence-electron chi connectivity index (χ3n) is 12.5. The molecule has 1 saturated heterocycles. The first-order valence-corrected chi connectivity index (χ1v) is 16.8. The molecule has 0 bridgehead atoms. The van der Waals surface area contributed by atoms with Crippen LogP contribution in [0.5, 0.6) is 5.75 Å². The summed E-state index contributed by atoms with van der Waals surface area (Å²) in [4.78, 5) is 0. The number of aliphatic hydroxyl groups is 3. The molecule has 43 heavy (non-hydrogen) atoms. The summed E-state index contributed by atoms with van der Waals surface area (Å²) in [5, 5.41) is 37.2. The van der Waals surface area contributed by atoms with E-state index in [2.05, 4.69) is 11.1 Å². The normalized spacial score (nSPS) is 44.6. The van der Waals surface area contributed by atoms with E-state index in [9.17, 15) is 36.9 Å². The number of fused-ring (bicyclic) bond motifs is 4. The number of hydrogen-bond donors (Lipinski definition) is 3. The molecule has 8 atom stereocenters. The van der Waals surface area contributed by atoms with E-state index in [-0.39, 0.29) is 30.1 Å². The Labute approximate surface area is 250 Å². The molecular formula is C31H41F3O8S. The summed E-state index contributed by atoms with van der Waals surface area (Å²) in [6.45, 7) is 7.07. The maximum atomic E-state index is 13.2. The van der Waals surface area contributed by atoms with Gasteiger partial charge in [-0.1, -0.05) is 26.8 Å². The zero-order valence-electron chi connectivity index (χ0n) is 24.7. The number of ether oxygens (including phenoxy) is 2. The Hall–Kier alpha value is -1.44. The van der Waals surface area contributed by atoms with Crippen LogP contribution in [0.25, 0.3) is 0 Å². The van der Waals surface area contributed by atoms with Crippen LogP contribution in [0.3, 0.4) is 0 Å². The predicted molar refractivity (Wildman–Crippen MR) is 147 cm³/mol. The molecule has 5 fully saturated rings. The monoisotopic (exact) mass is 630 g/mol. The van der Waals surface area contributed by atoms with Gasteiger partial charge in [0.1, 0.15) is 5.75 Å². The van der Waals surface area contributed by atoms with E-state index in [1.165, 1.54) is 12.1 Å². The SMILES string of the molecule is CC1(C)COC2(CC[C@@]34Cc5cc(OS(=O)(=O)C(F)(F)F)ccc5C5C[C@]6(C)[C@@H](O)CC[C@H]6[C@H](CC[C@@]3(O)C2)[C@]54O)OC1. The molecule has 2 spiro atoms. The van der Waals surface area contributed by atoms with E-state index in [4.69, 9.17) is 9.47 Å². The third kappa shape index (κ3) is 3.95.